The Labute approximate surface area is 227 Å². The van der Waals surface area contributed by atoms with E-state index >= 15 is 0 Å². The molecule has 0 spiro atoms. The number of nitrogens with one attached hydrogen (secondary N) is 3. The maximum absolute atomic E-state index is 13.3. The number of nitrogens with zero attached hydrogens (tertiary/aromatic N) is 2. The summed E-state index contributed by atoms with van der Waals surface area (Å²) in [5.41, 5.74) is 4.66. The Morgan fingerprint density at radius 2 is 1.47 bits per heavy atom. The van der Waals surface area contributed by atoms with Crippen LogP contribution in [0, 0.1) is 6.92 Å². The van der Waals surface area contributed by atoms with E-state index < -0.39 is 16.7 Å². The van der Waals surface area contributed by atoms with Gasteiger partial charge in [-0.2, -0.15) is 0 Å². The monoisotopic (exact) mass is 535 g/mol. The number of carbonyl (C=O) groups excluding carboxylic acids is 2. The minimum Gasteiger partial charge on any atom is -0.372 e. The van der Waals surface area contributed by atoms with Crippen molar-refractivity contribution in [3.8, 4) is 0 Å². The van der Waals surface area contributed by atoms with Crippen molar-refractivity contribution >= 4 is 39.8 Å². The average molecular weight is 536 g/mol. The predicted octanol–water partition coefficient (Wildman–Crippen LogP) is 5.66. The van der Waals surface area contributed by atoms with Crippen LogP contribution >= 0.6 is 0 Å². The van der Waals surface area contributed by atoms with Crippen LogP contribution < -0.4 is 16.0 Å². The van der Waals surface area contributed by atoms with Gasteiger partial charge < -0.3 is 16.0 Å². The van der Waals surface area contributed by atoms with Gasteiger partial charge in [0.15, 0.2) is 0 Å². The molecule has 1 unspecified atom stereocenters. The smallest absolute Gasteiger partial charge is 0.261 e. The quantitative estimate of drug-likeness (QED) is 0.351. The van der Waals surface area contributed by atoms with Crippen LogP contribution in [0.3, 0.4) is 0 Å². The number of benzene rings is 2. The molecule has 9 heteroatoms. The molecular weight excluding hydrogens is 498 g/mol. The lowest BCUT2D eigenvalue weighted by atomic mass is 9.79. The van der Waals surface area contributed by atoms with E-state index in [0.717, 1.165) is 16.7 Å². The molecule has 1 heterocycles. The van der Waals surface area contributed by atoms with Gasteiger partial charge in [0.2, 0.25) is 5.16 Å². The zero-order valence-corrected chi connectivity index (χ0v) is 24.4. The molecule has 0 saturated heterocycles. The number of anilines is 3. The highest BCUT2D eigenvalue weighted by Gasteiger charge is 2.23. The summed E-state index contributed by atoms with van der Waals surface area (Å²) in [6.07, 6.45) is 2.82. The summed E-state index contributed by atoms with van der Waals surface area (Å²) < 4.78 is 11.7. The van der Waals surface area contributed by atoms with Crippen molar-refractivity contribution in [1.82, 2.24) is 9.97 Å². The number of amides is 2. The van der Waals surface area contributed by atoms with Gasteiger partial charge in [0.25, 0.3) is 11.8 Å². The standard InChI is InChI=1S/C29H37N5O3S/c1-17-10-11-21(15-23(17)33-26(36)22-16-31-27(38(9)37)34-24(22)30-8)32-25(35)18-12-19(28(2,3)4)14-20(13-18)29(5,6)7/h10-16H,1-9H3,(H,32,35)(H,33,36)(H,30,31,34). The van der Waals surface area contributed by atoms with E-state index in [0.29, 0.717) is 16.9 Å². The van der Waals surface area contributed by atoms with E-state index in [1.54, 1.807) is 19.2 Å². The molecule has 0 bridgehead atoms. The second-order valence-corrected chi connectivity index (χ2v) is 12.6. The molecule has 0 radical (unpaired) electrons. The van der Waals surface area contributed by atoms with Gasteiger partial charge in [-0.3, -0.25) is 13.8 Å². The van der Waals surface area contributed by atoms with E-state index in [1.807, 2.05) is 25.1 Å². The van der Waals surface area contributed by atoms with Crippen molar-refractivity contribution in [2.45, 2.75) is 64.5 Å². The molecule has 2 aromatic carbocycles. The molecule has 38 heavy (non-hydrogen) atoms. The Morgan fingerprint density at radius 3 is 2.00 bits per heavy atom. The van der Waals surface area contributed by atoms with Gasteiger partial charge in [0, 0.05) is 36.4 Å². The molecule has 1 aromatic heterocycles. The molecular formula is C29H37N5O3S. The second-order valence-electron chi connectivity index (χ2n) is 11.4. The van der Waals surface area contributed by atoms with Crippen molar-refractivity contribution in [3.05, 3.63) is 70.4 Å². The third-order valence-electron chi connectivity index (χ3n) is 6.18. The number of aromatic nitrogens is 2. The van der Waals surface area contributed by atoms with Crippen LogP contribution in [0.15, 0.2) is 47.8 Å². The minimum absolute atomic E-state index is 0.113. The van der Waals surface area contributed by atoms with Gasteiger partial charge >= 0.3 is 0 Å². The van der Waals surface area contributed by atoms with Crippen molar-refractivity contribution in [1.29, 1.82) is 0 Å². The van der Waals surface area contributed by atoms with E-state index in [9.17, 15) is 13.8 Å². The lowest BCUT2D eigenvalue weighted by molar-refractivity contribution is 0.101. The van der Waals surface area contributed by atoms with E-state index in [4.69, 9.17) is 0 Å². The highest BCUT2D eigenvalue weighted by molar-refractivity contribution is 7.84. The lowest BCUT2D eigenvalue weighted by Gasteiger charge is -2.26. The first-order valence-corrected chi connectivity index (χ1v) is 13.9. The summed E-state index contributed by atoms with van der Waals surface area (Å²) in [5, 5.41) is 8.84. The summed E-state index contributed by atoms with van der Waals surface area (Å²) in [7, 11) is 0.251. The number of hydrogen-bond acceptors (Lipinski definition) is 6. The molecule has 0 aliphatic rings. The summed E-state index contributed by atoms with van der Waals surface area (Å²) in [5.74, 6) is -0.378. The number of carbonyl (C=O) groups is 2. The largest absolute Gasteiger partial charge is 0.372 e. The molecule has 2 amide bonds. The Hall–Kier alpha value is -3.59. The Bertz CT molecular complexity index is 1370. The fraction of sp³-hybridized carbons (Fsp3) is 0.379. The van der Waals surface area contributed by atoms with Crippen LogP contribution in [0.25, 0.3) is 0 Å². The molecule has 3 rings (SSSR count). The van der Waals surface area contributed by atoms with Crippen molar-refractivity contribution in [2.24, 2.45) is 0 Å². The molecule has 1 atom stereocenters. The van der Waals surface area contributed by atoms with Gasteiger partial charge in [-0.25, -0.2) is 9.97 Å². The fourth-order valence-corrected chi connectivity index (χ4v) is 4.13. The molecule has 0 fully saturated rings. The summed E-state index contributed by atoms with van der Waals surface area (Å²) in [6.45, 7) is 14.6. The topological polar surface area (TPSA) is 113 Å². The van der Waals surface area contributed by atoms with Gasteiger partial charge in [0.05, 0.1) is 10.8 Å². The highest BCUT2D eigenvalue weighted by Crippen LogP contribution is 2.31. The minimum atomic E-state index is -1.38. The maximum Gasteiger partial charge on any atom is 0.261 e. The SMILES string of the molecule is CNc1nc(S(C)=O)ncc1C(=O)Nc1cc(NC(=O)c2cc(C(C)(C)C)cc(C(C)(C)C)c2)ccc1C. The maximum atomic E-state index is 13.3. The summed E-state index contributed by atoms with van der Waals surface area (Å²) >= 11 is 0. The van der Waals surface area contributed by atoms with Crippen LogP contribution in [-0.4, -0.2) is 39.3 Å². The Morgan fingerprint density at radius 1 is 0.868 bits per heavy atom. The predicted molar refractivity (Wildman–Crippen MR) is 155 cm³/mol. The Kier molecular flexibility index (Phi) is 8.41. The first-order valence-electron chi connectivity index (χ1n) is 12.4. The number of aryl methyl sites for hydroxylation is 1. The average Bonchev–Trinajstić information content (AvgIpc) is 2.84. The number of hydrogen-bond donors (Lipinski definition) is 3. The van der Waals surface area contributed by atoms with Gasteiger partial charge in [0.1, 0.15) is 11.4 Å². The van der Waals surface area contributed by atoms with Crippen LogP contribution in [-0.2, 0) is 21.6 Å². The van der Waals surface area contributed by atoms with Crippen LogP contribution in [0.2, 0.25) is 0 Å². The van der Waals surface area contributed by atoms with Crippen LogP contribution in [0.5, 0.6) is 0 Å². The van der Waals surface area contributed by atoms with Crippen molar-refractivity contribution < 1.29 is 13.8 Å². The van der Waals surface area contributed by atoms with E-state index in [2.05, 4.69) is 73.5 Å². The molecule has 0 aliphatic carbocycles. The van der Waals surface area contributed by atoms with Gasteiger partial charge in [-0.1, -0.05) is 53.7 Å². The molecule has 0 aliphatic heterocycles. The third kappa shape index (κ3) is 6.83. The zero-order valence-electron chi connectivity index (χ0n) is 23.6. The van der Waals surface area contributed by atoms with Gasteiger partial charge in [-0.05, 0) is 58.7 Å². The number of rotatable bonds is 6. The normalized spacial score (nSPS) is 12.6. The van der Waals surface area contributed by atoms with E-state index in [-0.39, 0.29) is 33.3 Å². The van der Waals surface area contributed by atoms with Crippen molar-refractivity contribution in [2.75, 3.05) is 29.3 Å². The fourth-order valence-electron chi connectivity index (χ4n) is 3.71. The van der Waals surface area contributed by atoms with E-state index in [1.165, 1.54) is 12.5 Å². The van der Waals surface area contributed by atoms with Crippen LogP contribution in [0.1, 0.15) is 78.9 Å². The molecule has 202 valence electrons. The molecule has 0 saturated carbocycles. The highest BCUT2D eigenvalue weighted by atomic mass is 32.2. The zero-order chi connectivity index (χ0) is 28.4. The molecule has 3 aromatic rings. The molecule has 8 nitrogen and oxygen atoms in total. The first kappa shape index (κ1) is 29.0. The third-order valence-corrected chi connectivity index (χ3v) is 6.89. The van der Waals surface area contributed by atoms with Gasteiger partial charge in [-0.15, -0.1) is 0 Å². The van der Waals surface area contributed by atoms with Crippen molar-refractivity contribution in [3.63, 3.8) is 0 Å². The first-order chi connectivity index (χ1) is 17.6. The second kappa shape index (κ2) is 11.0. The Balaban J connectivity index is 1.89. The molecule has 3 N–H and O–H groups in total. The van der Waals surface area contributed by atoms with Crippen LogP contribution in [0.4, 0.5) is 17.2 Å². The summed E-state index contributed by atoms with van der Waals surface area (Å²) in [4.78, 5) is 34.6. The lowest BCUT2D eigenvalue weighted by Crippen LogP contribution is -2.20. The summed E-state index contributed by atoms with van der Waals surface area (Å²) in [6, 6.07) is 11.4.